The number of carbonyl (C=O) groups is 2. The summed E-state index contributed by atoms with van der Waals surface area (Å²) in [6.45, 7) is 0.568. The molecule has 3 heterocycles. The number of carboxylic acids is 1. The molecule has 7 nitrogen and oxygen atoms in total. The lowest BCUT2D eigenvalue weighted by Crippen LogP contribution is -2.31. The number of amides is 1. The number of aromatic amines is 1. The van der Waals surface area contributed by atoms with Crippen LogP contribution < -0.4 is 5.32 Å². The Bertz CT molecular complexity index is 1040. The van der Waals surface area contributed by atoms with Crippen LogP contribution in [0, 0.1) is 5.82 Å². The first-order valence-electron chi connectivity index (χ1n) is 7.89. The molecule has 3 N–H and O–H groups in total. The molecule has 130 valence electrons. The molecule has 26 heavy (non-hydrogen) atoms. The molecule has 8 heteroatoms. The lowest BCUT2D eigenvalue weighted by atomic mass is 10.1. The number of fused-ring (bicyclic) bond motifs is 1. The van der Waals surface area contributed by atoms with Gasteiger partial charge in [0.25, 0.3) is 5.91 Å². The van der Waals surface area contributed by atoms with Crippen LogP contribution in [0.1, 0.15) is 26.4 Å². The summed E-state index contributed by atoms with van der Waals surface area (Å²) in [6, 6.07) is 6.80. The van der Waals surface area contributed by atoms with Gasteiger partial charge in [-0.25, -0.2) is 19.2 Å². The molecule has 0 bridgehead atoms. The summed E-state index contributed by atoms with van der Waals surface area (Å²) in [5, 5.41) is 12.1. The molecule has 0 saturated heterocycles. The zero-order valence-electron chi connectivity index (χ0n) is 13.4. The Morgan fingerprint density at radius 3 is 2.81 bits per heavy atom. The van der Waals surface area contributed by atoms with Crippen molar-refractivity contribution < 1.29 is 19.1 Å². The van der Waals surface area contributed by atoms with Gasteiger partial charge in [-0.2, -0.15) is 0 Å². The highest BCUT2D eigenvalue weighted by molar-refractivity contribution is 5.98. The molecule has 1 aliphatic heterocycles. The first kappa shape index (κ1) is 15.9. The van der Waals surface area contributed by atoms with Crippen molar-refractivity contribution in [1.29, 1.82) is 0 Å². The van der Waals surface area contributed by atoms with E-state index in [9.17, 15) is 19.1 Å². The van der Waals surface area contributed by atoms with Gasteiger partial charge in [0.2, 0.25) is 0 Å². The molecular weight excluding hydrogens is 339 g/mol. The van der Waals surface area contributed by atoms with E-state index in [1.165, 1.54) is 12.3 Å². The van der Waals surface area contributed by atoms with Gasteiger partial charge in [0, 0.05) is 30.4 Å². The first-order chi connectivity index (χ1) is 12.5. The average Bonchev–Trinajstić information content (AvgIpc) is 3.07. The van der Waals surface area contributed by atoms with E-state index < -0.39 is 11.8 Å². The maximum Gasteiger partial charge on any atom is 0.336 e. The van der Waals surface area contributed by atoms with Crippen LogP contribution >= 0.6 is 0 Å². The Morgan fingerprint density at radius 2 is 2.04 bits per heavy atom. The van der Waals surface area contributed by atoms with Gasteiger partial charge in [-0.3, -0.25) is 4.79 Å². The van der Waals surface area contributed by atoms with E-state index in [0.29, 0.717) is 29.9 Å². The summed E-state index contributed by atoms with van der Waals surface area (Å²) in [4.78, 5) is 35.0. The first-order valence-corrected chi connectivity index (χ1v) is 7.89. The number of H-pyrrole nitrogens is 1. The highest BCUT2D eigenvalue weighted by atomic mass is 19.1. The second-order valence-electron chi connectivity index (χ2n) is 5.84. The zero-order chi connectivity index (χ0) is 18.3. The van der Waals surface area contributed by atoms with Crippen molar-refractivity contribution in [3.63, 3.8) is 0 Å². The Balaban J connectivity index is 1.79. The molecule has 4 rings (SSSR count). The lowest BCUT2D eigenvalue weighted by Gasteiger charge is -2.10. The number of hydrogen-bond donors (Lipinski definition) is 3. The van der Waals surface area contributed by atoms with Gasteiger partial charge in [0.1, 0.15) is 5.82 Å². The fraction of sp³-hybridized carbons (Fsp3) is 0.111. The van der Waals surface area contributed by atoms with Gasteiger partial charge in [0.05, 0.1) is 22.5 Å². The Hall–Kier alpha value is -3.55. The maximum atomic E-state index is 13.4. The Morgan fingerprint density at radius 1 is 1.19 bits per heavy atom. The third-order valence-corrected chi connectivity index (χ3v) is 4.19. The zero-order valence-corrected chi connectivity index (χ0v) is 13.4. The van der Waals surface area contributed by atoms with Gasteiger partial charge in [0.15, 0.2) is 5.82 Å². The molecule has 0 atom stereocenters. The molecule has 0 aliphatic carbocycles. The van der Waals surface area contributed by atoms with Crippen molar-refractivity contribution in [1.82, 2.24) is 20.3 Å². The minimum Gasteiger partial charge on any atom is -0.478 e. The number of aromatic nitrogens is 3. The predicted octanol–water partition coefficient (Wildman–Crippen LogP) is 2.26. The van der Waals surface area contributed by atoms with Crippen LogP contribution in [0.15, 0.2) is 36.5 Å². The second-order valence-corrected chi connectivity index (χ2v) is 5.84. The number of hydrogen-bond acceptors (Lipinski definition) is 4. The predicted molar refractivity (Wildman–Crippen MR) is 90.2 cm³/mol. The topological polar surface area (TPSA) is 108 Å². The Labute approximate surface area is 146 Å². The number of nitrogens with zero attached hydrogens (tertiary/aromatic N) is 2. The number of benzene rings is 1. The van der Waals surface area contributed by atoms with Crippen molar-refractivity contribution in [2.75, 3.05) is 6.54 Å². The van der Waals surface area contributed by atoms with Crippen LogP contribution in [0.5, 0.6) is 0 Å². The lowest BCUT2D eigenvalue weighted by molar-refractivity contribution is 0.0696. The van der Waals surface area contributed by atoms with E-state index in [1.54, 1.807) is 12.1 Å². The van der Waals surface area contributed by atoms with Crippen molar-refractivity contribution in [3.8, 4) is 22.8 Å². The molecule has 0 fully saturated rings. The van der Waals surface area contributed by atoms with Crippen molar-refractivity contribution in [2.24, 2.45) is 0 Å². The normalized spacial score (nSPS) is 13.2. The van der Waals surface area contributed by atoms with E-state index in [4.69, 9.17) is 0 Å². The van der Waals surface area contributed by atoms with Crippen molar-refractivity contribution >= 4 is 11.9 Å². The molecule has 0 unspecified atom stereocenters. The highest BCUT2D eigenvalue weighted by Gasteiger charge is 2.21. The Kier molecular flexibility index (Phi) is 3.72. The summed E-state index contributed by atoms with van der Waals surface area (Å²) in [6.07, 6.45) is 2.19. The number of carbonyl (C=O) groups excluding carboxylic acids is 1. The molecule has 0 saturated carbocycles. The van der Waals surface area contributed by atoms with Crippen molar-refractivity contribution in [2.45, 2.75) is 6.42 Å². The number of carboxylic acid groups (broad SMARTS) is 1. The quantitative estimate of drug-likeness (QED) is 0.670. The molecule has 0 radical (unpaired) electrons. The number of aromatic carboxylic acids is 1. The fourth-order valence-corrected chi connectivity index (χ4v) is 2.96. The SMILES string of the molecule is O=C(O)c1cc(F)ccc1-c1nccc(-c2cc3c([nH]2)CCNC3=O)n1. The third-order valence-electron chi connectivity index (χ3n) is 4.19. The van der Waals surface area contributed by atoms with Crippen LogP contribution in [0.2, 0.25) is 0 Å². The van der Waals surface area contributed by atoms with Crippen LogP contribution in [-0.4, -0.2) is 38.5 Å². The van der Waals surface area contributed by atoms with Crippen LogP contribution in [0.3, 0.4) is 0 Å². The van der Waals surface area contributed by atoms with Gasteiger partial charge in [-0.1, -0.05) is 0 Å². The molecule has 1 aromatic carbocycles. The molecule has 1 aliphatic rings. The largest absolute Gasteiger partial charge is 0.478 e. The van der Waals surface area contributed by atoms with Crippen LogP contribution in [-0.2, 0) is 6.42 Å². The van der Waals surface area contributed by atoms with Gasteiger partial charge < -0.3 is 15.4 Å². The van der Waals surface area contributed by atoms with Gasteiger partial charge >= 0.3 is 5.97 Å². The fourth-order valence-electron chi connectivity index (χ4n) is 2.96. The number of rotatable bonds is 3. The van der Waals surface area contributed by atoms with E-state index in [2.05, 4.69) is 20.3 Å². The van der Waals surface area contributed by atoms with Gasteiger partial charge in [-0.05, 0) is 30.3 Å². The monoisotopic (exact) mass is 352 g/mol. The average molecular weight is 352 g/mol. The third kappa shape index (κ3) is 2.71. The molecule has 2 aromatic heterocycles. The minimum atomic E-state index is -1.26. The van der Waals surface area contributed by atoms with Crippen LogP contribution in [0.25, 0.3) is 22.8 Å². The number of nitrogens with one attached hydrogen (secondary N) is 2. The second kappa shape index (κ2) is 6.07. The van der Waals surface area contributed by atoms with Crippen LogP contribution in [0.4, 0.5) is 4.39 Å². The summed E-state index contributed by atoms with van der Waals surface area (Å²) >= 11 is 0. The highest BCUT2D eigenvalue weighted by Crippen LogP contribution is 2.26. The molecular formula is C18H13FN4O3. The van der Waals surface area contributed by atoms with E-state index >= 15 is 0 Å². The summed E-state index contributed by atoms with van der Waals surface area (Å²) < 4.78 is 13.4. The van der Waals surface area contributed by atoms with E-state index in [0.717, 1.165) is 17.8 Å². The van der Waals surface area contributed by atoms with E-state index in [-0.39, 0.29) is 22.9 Å². The summed E-state index contributed by atoms with van der Waals surface area (Å²) in [5.74, 6) is -1.89. The molecule has 0 spiro atoms. The number of halogens is 1. The summed E-state index contributed by atoms with van der Waals surface area (Å²) in [7, 11) is 0. The maximum absolute atomic E-state index is 13.4. The molecule has 1 amide bonds. The van der Waals surface area contributed by atoms with Gasteiger partial charge in [-0.15, -0.1) is 0 Å². The molecule has 3 aromatic rings. The summed E-state index contributed by atoms with van der Waals surface area (Å²) in [5.41, 5.74) is 2.55. The van der Waals surface area contributed by atoms with E-state index in [1.807, 2.05) is 0 Å². The smallest absolute Gasteiger partial charge is 0.336 e. The van der Waals surface area contributed by atoms with Crippen molar-refractivity contribution in [3.05, 3.63) is 59.2 Å². The standard InChI is InChI=1S/C18H13FN4O3/c19-9-1-2-10(11(7-9)18(25)26)16-20-5-4-14(23-16)15-8-12-13(22-15)3-6-21-17(12)24/h1-2,4-5,7-8,22H,3,6H2,(H,21,24)(H,25,26). The minimum absolute atomic E-state index is 0.144.